The van der Waals surface area contributed by atoms with Gasteiger partial charge in [-0.1, -0.05) is 27.6 Å². The van der Waals surface area contributed by atoms with Crippen molar-refractivity contribution in [3.8, 4) is 0 Å². The van der Waals surface area contributed by atoms with E-state index >= 15 is 0 Å². The Morgan fingerprint density at radius 2 is 1.77 bits per heavy atom. The quantitative estimate of drug-likeness (QED) is 0.401. The third-order valence-electron chi connectivity index (χ3n) is 0.905. The van der Waals surface area contributed by atoms with Crippen LogP contribution in [0.15, 0.2) is 24.3 Å². The fourth-order valence-corrected chi connectivity index (χ4v) is 0.611. The molecule has 1 aromatic rings. The first kappa shape index (κ1) is 12.2. The number of nitrogen functional groups attached to an aromatic ring is 1. The van der Waals surface area contributed by atoms with Crippen LogP contribution in [-0.2, 0) is 10.5 Å². The molecule has 7 heteroatoms. The van der Waals surface area contributed by atoms with Gasteiger partial charge in [-0.2, -0.15) is 8.42 Å². The van der Waals surface area contributed by atoms with Crippen LogP contribution in [0.3, 0.4) is 0 Å². The van der Waals surface area contributed by atoms with E-state index in [-0.39, 0.29) is 0 Å². The van der Waals surface area contributed by atoms with Crippen molar-refractivity contribution in [3.63, 3.8) is 0 Å². The van der Waals surface area contributed by atoms with Gasteiger partial charge >= 0.3 is 10.5 Å². The Kier molecular flexibility index (Phi) is 4.68. The molecule has 0 fully saturated rings. The number of para-hydroxylation sites is 1. The smallest absolute Gasteiger partial charge is 0.398 e. The van der Waals surface area contributed by atoms with E-state index in [1.165, 1.54) is 0 Å². The van der Waals surface area contributed by atoms with Gasteiger partial charge in [0.15, 0.2) is 0 Å². The molecule has 0 unspecified atom stereocenters. The van der Waals surface area contributed by atoms with Crippen LogP contribution in [0, 0.1) is 0 Å². The molecule has 0 bridgehead atoms. The van der Waals surface area contributed by atoms with Crippen molar-refractivity contribution in [1.82, 2.24) is 0 Å². The zero-order chi connectivity index (χ0) is 10.5. The number of hydrogen-bond donors (Lipinski definition) is 2. The Bertz CT molecular complexity index is 339. The molecule has 0 amide bonds. The number of nitrogens with two attached hydrogens (primary N) is 1. The molecule has 1 rings (SSSR count). The van der Waals surface area contributed by atoms with Gasteiger partial charge in [0, 0.05) is 0 Å². The highest BCUT2D eigenvalue weighted by atomic mass is 35.5. The molecule has 74 valence electrons. The summed E-state index contributed by atoms with van der Waals surface area (Å²) in [5.74, 6) is 0. The van der Waals surface area contributed by atoms with Gasteiger partial charge in [-0.3, -0.25) is 4.55 Å². The van der Waals surface area contributed by atoms with Crippen molar-refractivity contribution >= 4 is 27.8 Å². The van der Waals surface area contributed by atoms with E-state index in [1.54, 1.807) is 12.1 Å². The van der Waals surface area contributed by atoms with Crippen molar-refractivity contribution in [3.05, 3.63) is 29.3 Å². The van der Waals surface area contributed by atoms with Gasteiger partial charge in [0.05, 0.1) is 10.7 Å². The standard InChI is InChI=1S/C6H6ClN.FHO3S/c7-5-3-1-2-4-6(5)8;1-5(2,3)4/h1-4H,8H2;(H,2,3,4). The van der Waals surface area contributed by atoms with E-state index in [2.05, 4.69) is 0 Å². The molecule has 13 heavy (non-hydrogen) atoms. The van der Waals surface area contributed by atoms with E-state index in [9.17, 15) is 3.89 Å². The minimum Gasteiger partial charge on any atom is -0.398 e. The van der Waals surface area contributed by atoms with Crippen LogP contribution in [-0.4, -0.2) is 13.0 Å². The molecular formula is C6H7ClFNO3S. The molecule has 0 saturated carbocycles. The summed E-state index contributed by atoms with van der Waals surface area (Å²) in [4.78, 5) is 0. The minimum atomic E-state index is -5.17. The van der Waals surface area contributed by atoms with E-state index in [4.69, 9.17) is 30.3 Å². The van der Waals surface area contributed by atoms with Gasteiger partial charge in [0.25, 0.3) is 0 Å². The van der Waals surface area contributed by atoms with Crippen LogP contribution in [0.1, 0.15) is 0 Å². The molecule has 0 spiro atoms. The summed E-state index contributed by atoms with van der Waals surface area (Å²) >= 11 is 5.58. The minimum absolute atomic E-state index is 0.618. The molecule has 0 heterocycles. The molecule has 0 aliphatic heterocycles. The molecular weight excluding hydrogens is 221 g/mol. The highest BCUT2D eigenvalue weighted by molar-refractivity contribution is 7.80. The van der Waals surface area contributed by atoms with Crippen LogP contribution in [0.25, 0.3) is 0 Å². The Morgan fingerprint density at radius 1 is 1.38 bits per heavy atom. The summed E-state index contributed by atoms with van der Waals surface area (Å²) in [7, 11) is -5.17. The predicted molar refractivity (Wildman–Crippen MR) is 48.5 cm³/mol. The van der Waals surface area contributed by atoms with Crippen molar-refractivity contribution in [2.75, 3.05) is 5.73 Å². The molecule has 1 aromatic carbocycles. The summed E-state index contributed by atoms with van der Waals surface area (Å²) in [5.41, 5.74) is 6.02. The Hall–Kier alpha value is -0.850. The first-order valence-electron chi connectivity index (χ1n) is 2.98. The molecule has 0 aliphatic rings. The van der Waals surface area contributed by atoms with E-state index in [0.717, 1.165) is 0 Å². The third-order valence-corrected chi connectivity index (χ3v) is 1.25. The lowest BCUT2D eigenvalue weighted by atomic mass is 10.3. The average molecular weight is 228 g/mol. The van der Waals surface area contributed by atoms with Crippen LogP contribution in [0.5, 0.6) is 0 Å². The SMILES string of the molecule is Nc1ccccc1Cl.O=S(=O)(O)F. The predicted octanol–water partition coefficient (Wildman–Crippen LogP) is 1.68. The lowest BCUT2D eigenvalue weighted by Gasteiger charge is -1.91. The molecule has 0 aliphatic carbocycles. The second-order valence-electron chi connectivity index (χ2n) is 1.93. The summed E-state index contributed by atoms with van der Waals surface area (Å²) in [5, 5.41) is 0.618. The normalized spacial score (nSPS) is 10.1. The lowest BCUT2D eigenvalue weighted by Crippen LogP contribution is -1.82. The van der Waals surface area contributed by atoms with E-state index in [0.29, 0.717) is 10.7 Å². The summed E-state index contributed by atoms with van der Waals surface area (Å²) < 4.78 is 34.1. The van der Waals surface area contributed by atoms with Crippen LogP contribution in [0.4, 0.5) is 9.57 Å². The number of rotatable bonds is 0. The van der Waals surface area contributed by atoms with Crippen molar-refractivity contribution in [2.45, 2.75) is 0 Å². The van der Waals surface area contributed by atoms with E-state index < -0.39 is 10.5 Å². The van der Waals surface area contributed by atoms with Gasteiger partial charge < -0.3 is 5.73 Å². The maximum atomic E-state index is 10.2. The monoisotopic (exact) mass is 227 g/mol. The van der Waals surface area contributed by atoms with Crippen molar-refractivity contribution in [2.24, 2.45) is 0 Å². The highest BCUT2D eigenvalue weighted by Gasteiger charge is 1.89. The summed E-state index contributed by atoms with van der Waals surface area (Å²) in [6.45, 7) is 0. The zero-order valence-electron chi connectivity index (χ0n) is 6.31. The zero-order valence-corrected chi connectivity index (χ0v) is 7.89. The fraction of sp³-hybridized carbons (Fsp3) is 0. The third kappa shape index (κ3) is 9.06. The molecule has 0 saturated heterocycles. The highest BCUT2D eigenvalue weighted by Crippen LogP contribution is 2.15. The first-order valence-corrected chi connectivity index (χ1v) is 4.69. The Labute approximate surface area is 80.2 Å². The largest absolute Gasteiger partial charge is 0.435 e. The molecule has 0 atom stereocenters. The van der Waals surface area contributed by atoms with Crippen LogP contribution >= 0.6 is 11.6 Å². The number of hydrogen-bond acceptors (Lipinski definition) is 3. The summed E-state index contributed by atoms with van der Waals surface area (Å²) in [6, 6.07) is 7.22. The first-order chi connectivity index (χ1) is 5.80. The number of benzene rings is 1. The van der Waals surface area contributed by atoms with Crippen LogP contribution in [0.2, 0.25) is 5.02 Å². The topological polar surface area (TPSA) is 80.4 Å². The van der Waals surface area contributed by atoms with Crippen LogP contribution < -0.4 is 5.73 Å². The Balaban J connectivity index is 0.000000252. The molecule has 4 nitrogen and oxygen atoms in total. The fourth-order valence-electron chi connectivity index (χ4n) is 0.475. The van der Waals surface area contributed by atoms with Gasteiger partial charge in [-0.05, 0) is 12.1 Å². The van der Waals surface area contributed by atoms with Gasteiger partial charge in [0.2, 0.25) is 0 Å². The Morgan fingerprint density at radius 3 is 2.00 bits per heavy atom. The van der Waals surface area contributed by atoms with Crippen molar-refractivity contribution < 1.29 is 16.9 Å². The number of anilines is 1. The average Bonchev–Trinajstić information content (AvgIpc) is 1.92. The summed E-state index contributed by atoms with van der Waals surface area (Å²) in [6.07, 6.45) is 0. The molecule has 0 radical (unpaired) electrons. The second-order valence-corrected chi connectivity index (χ2v) is 3.17. The van der Waals surface area contributed by atoms with Gasteiger partial charge in [0.1, 0.15) is 0 Å². The van der Waals surface area contributed by atoms with Gasteiger partial charge in [-0.15, -0.1) is 0 Å². The molecule has 0 aromatic heterocycles. The maximum Gasteiger partial charge on any atom is 0.435 e. The van der Waals surface area contributed by atoms with E-state index in [1.807, 2.05) is 12.1 Å². The van der Waals surface area contributed by atoms with Crippen molar-refractivity contribution in [1.29, 1.82) is 0 Å². The van der Waals surface area contributed by atoms with Gasteiger partial charge in [-0.25, -0.2) is 0 Å². The second kappa shape index (κ2) is 5.00. The number of halogens is 2. The maximum absolute atomic E-state index is 10.2. The lowest BCUT2D eigenvalue weighted by molar-refractivity contribution is 0.435. The molecule has 3 N–H and O–H groups in total.